The van der Waals surface area contributed by atoms with E-state index in [4.69, 9.17) is 0 Å². The van der Waals surface area contributed by atoms with Crippen molar-refractivity contribution in [1.29, 1.82) is 0 Å². The lowest BCUT2D eigenvalue weighted by atomic mass is 10.3. The number of carbonyl (C=O) groups excluding carboxylic acids is 1. The fraction of sp³-hybridized carbons (Fsp3) is 0.111. The Labute approximate surface area is 88.6 Å². The van der Waals surface area contributed by atoms with E-state index >= 15 is 0 Å². The van der Waals surface area contributed by atoms with Crippen LogP contribution in [-0.4, -0.2) is 22.5 Å². The third-order valence-electron chi connectivity index (χ3n) is 1.84. The molecule has 0 spiro atoms. The van der Waals surface area contributed by atoms with Crippen molar-refractivity contribution in [1.82, 2.24) is 9.38 Å². The predicted octanol–water partition coefficient (Wildman–Crippen LogP) is 1.88. The molecule has 14 heavy (non-hydrogen) atoms. The predicted molar refractivity (Wildman–Crippen MR) is 54.2 cm³/mol. The minimum atomic E-state index is -0.350. The molecule has 0 amide bonds. The number of hydrogen-bond acceptors (Lipinski definition) is 3. The van der Waals surface area contributed by atoms with Gasteiger partial charge >= 0.3 is 5.97 Å². The Balaban J connectivity index is 2.55. The Hall–Kier alpha value is -1.36. The minimum absolute atomic E-state index is 0.350. The zero-order chi connectivity index (χ0) is 10.1. The number of halogens is 1. The van der Waals surface area contributed by atoms with Crippen molar-refractivity contribution in [2.45, 2.75) is 0 Å². The highest BCUT2D eigenvalue weighted by Gasteiger charge is 2.06. The molecule has 0 aliphatic rings. The summed E-state index contributed by atoms with van der Waals surface area (Å²) in [7, 11) is 1.36. The van der Waals surface area contributed by atoms with Gasteiger partial charge in [0.25, 0.3) is 0 Å². The number of pyridine rings is 1. The first-order chi connectivity index (χ1) is 6.70. The summed E-state index contributed by atoms with van der Waals surface area (Å²) in [6.07, 6.45) is 3.46. The molecule has 0 unspecified atom stereocenters. The molecule has 0 N–H and O–H groups in total. The maximum atomic E-state index is 11.2. The molecule has 0 aromatic carbocycles. The van der Waals surface area contributed by atoms with E-state index in [9.17, 15) is 4.79 Å². The number of methoxy groups -OCH3 is 1. The molecule has 2 heterocycles. The Kier molecular flexibility index (Phi) is 2.25. The molecule has 0 atom stereocenters. The van der Waals surface area contributed by atoms with E-state index in [2.05, 4.69) is 25.7 Å². The average Bonchev–Trinajstić information content (AvgIpc) is 2.55. The van der Waals surface area contributed by atoms with Crippen LogP contribution in [0.3, 0.4) is 0 Å². The largest absolute Gasteiger partial charge is 0.465 e. The molecule has 0 saturated carbocycles. The van der Waals surface area contributed by atoms with Crippen molar-refractivity contribution in [2.75, 3.05) is 7.11 Å². The molecule has 72 valence electrons. The van der Waals surface area contributed by atoms with Crippen molar-refractivity contribution in [3.05, 3.63) is 34.7 Å². The summed E-state index contributed by atoms with van der Waals surface area (Å²) in [5.41, 5.74) is 1.29. The van der Waals surface area contributed by atoms with E-state index in [1.54, 1.807) is 28.9 Å². The number of esters is 1. The second-order valence-electron chi connectivity index (χ2n) is 2.74. The number of nitrogens with zero attached hydrogens (tertiary/aromatic N) is 2. The van der Waals surface area contributed by atoms with Gasteiger partial charge in [0.2, 0.25) is 0 Å². The summed E-state index contributed by atoms with van der Waals surface area (Å²) >= 11 is 3.26. The smallest absolute Gasteiger partial charge is 0.339 e. The molecule has 2 rings (SSSR count). The molecular weight excluding hydrogens is 248 g/mol. The van der Waals surface area contributed by atoms with Crippen molar-refractivity contribution in [3.63, 3.8) is 0 Å². The van der Waals surface area contributed by atoms with E-state index in [-0.39, 0.29) is 5.97 Å². The SMILES string of the molecule is COC(=O)c1ccc2nc(Br)cn2c1. The van der Waals surface area contributed by atoms with Crippen LogP contribution >= 0.6 is 15.9 Å². The summed E-state index contributed by atoms with van der Waals surface area (Å²) in [6.45, 7) is 0. The molecule has 4 nitrogen and oxygen atoms in total. The van der Waals surface area contributed by atoms with Crippen LogP contribution in [-0.2, 0) is 4.74 Å². The average molecular weight is 255 g/mol. The van der Waals surface area contributed by atoms with Gasteiger partial charge in [-0.1, -0.05) is 0 Å². The van der Waals surface area contributed by atoms with Gasteiger partial charge in [0.05, 0.1) is 12.7 Å². The fourth-order valence-electron chi connectivity index (χ4n) is 1.20. The number of carbonyl (C=O) groups is 1. The minimum Gasteiger partial charge on any atom is -0.465 e. The van der Waals surface area contributed by atoms with Gasteiger partial charge in [-0.15, -0.1) is 0 Å². The molecular formula is C9H7BrN2O2. The highest BCUT2D eigenvalue weighted by Crippen LogP contribution is 2.12. The number of aromatic nitrogens is 2. The molecule has 0 radical (unpaired) electrons. The standard InChI is InChI=1S/C9H7BrN2O2/c1-14-9(13)6-2-3-8-11-7(10)5-12(8)4-6/h2-5H,1H3. The summed E-state index contributed by atoms with van der Waals surface area (Å²) < 4.78 is 7.10. The van der Waals surface area contributed by atoms with Gasteiger partial charge < -0.3 is 9.14 Å². The Morgan fingerprint density at radius 3 is 3.00 bits per heavy atom. The van der Waals surface area contributed by atoms with Gasteiger partial charge in [0.15, 0.2) is 0 Å². The first kappa shape index (κ1) is 9.21. The topological polar surface area (TPSA) is 43.6 Å². The monoisotopic (exact) mass is 254 g/mol. The molecule has 0 saturated heterocycles. The number of hydrogen-bond donors (Lipinski definition) is 0. The van der Waals surface area contributed by atoms with Crippen LogP contribution < -0.4 is 0 Å². The van der Waals surface area contributed by atoms with Crippen LogP contribution in [0.2, 0.25) is 0 Å². The number of rotatable bonds is 1. The molecule has 0 aliphatic carbocycles. The van der Waals surface area contributed by atoms with E-state index in [0.717, 1.165) is 10.3 Å². The van der Waals surface area contributed by atoms with Gasteiger partial charge in [-0.3, -0.25) is 0 Å². The quantitative estimate of drug-likeness (QED) is 0.731. The summed E-state index contributed by atoms with van der Waals surface area (Å²) in [4.78, 5) is 15.4. The van der Waals surface area contributed by atoms with Crippen LogP contribution in [0.15, 0.2) is 29.1 Å². The van der Waals surface area contributed by atoms with Crippen molar-refractivity contribution < 1.29 is 9.53 Å². The molecule has 0 fully saturated rings. The zero-order valence-electron chi connectivity index (χ0n) is 7.40. The second-order valence-corrected chi connectivity index (χ2v) is 3.55. The number of imidazole rings is 1. The first-order valence-electron chi connectivity index (χ1n) is 3.93. The van der Waals surface area contributed by atoms with Gasteiger partial charge in [-0.25, -0.2) is 9.78 Å². The lowest BCUT2D eigenvalue weighted by molar-refractivity contribution is 0.0600. The van der Waals surface area contributed by atoms with Crippen molar-refractivity contribution >= 4 is 27.5 Å². The summed E-state index contributed by atoms with van der Waals surface area (Å²) in [5.74, 6) is -0.350. The second kappa shape index (κ2) is 3.42. The van der Waals surface area contributed by atoms with Crippen LogP contribution in [0.4, 0.5) is 0 Å². The Morgan fingerprint density at radius 2 is 2.29 bits per heavy atom. The van der Waals surface area contributed by atoms with Gasteiger partial charge in [-0.2, -0.15) is 0 Å². The van der Waals surface area contributed by atoms with E-state index in [1.165, 1.54) is 7.11 Å². The Morgan fingerprint density at radius 1 is 1.50 bits per heavy atom. The zero-order valence-corrected chi connectivity index (χ0v) is 8.98. The van der Waals surface area contributed by atoms with Crippen LogP contribution in [0.25, 0.3) is 5.65 Å². The first-order valence-corrected chi connectivity index (χ1v) is 4.72. The van der Waals surface area contributed by atoms with Gasteiger partial charge in [-0.05, 0) is 28.1 Å². The third kappa shape index (κ3) is 1.50. The molecule has 0 bridgehead atoms. The number of fused-ring (bicyclic) bond motifs is 1. The third-order valence-corrected chi connectivity index (χ3v) is 2.22. The summed E-state index contributed by atoms with van der Waals surface area (Å²) in [6, 6.07) is 3.44. The maximum Gasteiger partial charge on any atom is 0.339 e. The number of ether oxygens (including phenoxy) is 1. The lowest BCUT2D eigenvalue weighted by Gasteiger charge is -1.99. The van der Waals surface area contributed by atoms with Crippen LogP contribution in [0.5, 0.6) is 0 Å². The fourth-order valence-corrected chi connectivity index (χ4v) is 1.60. The lowest BCUT2D eigenvalue weighted by Crippen LogP contribution is -2.02. The molecule has 0 aliphatic heterocycles. The van der Waals surface area contributed by atoms with Crippen LogP contribution in [0, 0.1) is 0 Å². The van der Waals surface area contributed by atoms with Crippen molar-refractivity contribution in [2.24, 2.45) is 0 Å². The van der Waals surface area contributed by atoms with E-state index in [0.29, 0.717) is 5.56 Å². The highest BCUT2D eigenvalue weighted by atomic mass is 79.9. The van der Waals surface area contributed by atoms with Crippen molar-refractivity contribution in [3.8, 4) is 0 Å². The molecule has 2 aromatic rings. The summed E-state index contributed by atoms with van der Waals surface area (Å²) in [5, 5.41) is 0. The van der Waals surface area contributed by atoms with Crippen LogP contribution in [0.1, 0.15) is 10.4 Å². The normalized spacial score (nSPS) is 10.4. The molecule has 5 heteroatoms. The Bertz CT molecular complexity index is 493. The van der Waals surface area contributed by atoms with E-state index < -0.39 is 0 Å². The van der Waals surface area contributed by atoms with Gasteiger partial charge in [0.1, 0.15) is 10.3 Å². The van der Waals surface area contributed by atoms with E-state index in [1.807, 2.05) is 0 Å². The molecule has 2 aromatic heterocycles. The van der Waals surface area contributed by atoms with Gasteiger partial charge in [0, 0.05) is 12.4 Å². The highest BCUT2D eigenvalue weighted by molar-refractivity contribution is 9.10. The maximum absolute atomic E-state index is 11.2.